The summed E-state index contributed by atoms with van der Waals surface area (Å²) in [6.07, 6.45) is 0. The molecule has 1 amide bonds. The van der Waals surface area contributed by atoms with Crippen LogP contribution >= 0.6 is 0 Å². The highest BCUT2D eigenvalue weighted by Gasteiger charge is 2.23. The fourth-order valence-electron chi connectivity index (χ4n) is 1.91. The van der Waals surface area contributed by atoms with E-state index in [1.807, 2.05) is 20.8 Å². The molecule has 0 saturated carbocycles. The summed E-state index contributed by atoms with van der Waals surface area (Å²) in [7, 11) is 0. The van der Waals surface area contributed by atoms with Crippen LogP contribution in [0.5, 0.6) is 0 Å². The van der Waals surface area contributed by atoms with Crippen molar-refractivity contribution < 1.29 is 9.72 Å². The van der Waals surface area contributed by atoms with Gasteiger partial charge in [-0.3, -0.25) is 14.9 Å². The number of carbonyl (C=O) groups excluding carboxylic acids is 1. The Kier molecular flexibility index (Phi) is 5.29. The highest BCUT2D eigenvalue weighted by atomic mass is 16.6. The van der Waals surface area contributed by atoms with Crippen molar-refractivity contribution in [2.45, 2.75) is 20.8 Å². The van der Waals surface area contributed by atoms with Gasteiger partial charge in [-0.1, -0.05) is 6.07 Å². The van der Waals surface area contributed by atoms with Gasteiger partial charge < -0.3 is 10.2 Å². The van der Waals surface area contributed by atoms with Crippen molar-refractivity contribution >= 4 is 17.3 Å². The third kappa shape index (κ3) is 3.21. The number of para-hydroxylation sites is 1. The van der Waals surface area contributed by atoms with Crippen LogP contribution in [0.2, 0.25) is 0 Å². The van der Waals surface area contributed by atoms with E-state index in [0.717, 1.165) is 0 Å². The summed E-state index contributed by atoms with van der Waals surface area (Å²) >= 11 is 0. The maximum atomic E-state index is 12.3. The van der Waals surface area contributed by atoms with Gasteiger partial charge in [0.05, 0.1) is 10.5 Å². The van der Waals surface area contributed by atoms with E-state index in [2.05, 4.69) is 5.32 Å². The monoisotopic (exact) mass is 265 g/mol. The van der Waals surface area contributed by atoms with Gasteiger partial charge in [0.2, 0.25) is 0 Å². The minimum atomic E-state index is -0.475. The van der Waals surface area contributed by atoms with Crippen molar-refractivity contribution in [3.63, 3.8) is 0 Å². The Labute approximate surface area is 112 Å². The second-order valence-electron chi connectivity index (χ2n) is 3.96. The number of rotatable bonds is 6. The van der Waals surface area contributed by atoms with Gasteiger partial charge in [0.25, 0.3) is 11.6 Å². The van der Waals surface area contributed by atoms with E-state index in [-0.39, 0.29) is 11.6 Å². The van der Waals surface area contributed by atoms with Crippen molar-refractivity contribution in [3.05, 3.63) is 33.9 Å². The maximum Gasteiger partial charge on any atom is 0.293 e. The van der Waals surface area contributed by atoms with E-state index < -0.39 is 4.92 Å². The molecule has 0 atom stereocenters. The first kappa shape index (κ1) is 14.9. The van der Waals surface area contributed by atoms with E-state index in [4.69, 9.17) is 0 Å². The van der Waals surface area contributed by atoms with Crippen molar-refractivity contribution in [1.82, 2.24) is 4.90 Å². The molecule has 1 rings (SSSR count). The van der Waals surface area contributed by atoms with Gasteiger partial charge >= 0.3 is 0 Å². The van der Waals surface area contributed by atoms with Gasteiger partial charge in [-0.05, 0) is 26.8 Å². The van der Waals surface area contributed by atoms with Crippen LogP contribution in [-0.2, 0) is 0 Å². The molecular formula is C13H19N3O3. The molecule has 104 valence electrons. The molecule has 0 saturated heterocycles. The van der Waals surface area contributed by atoms with Gasteiger partial charge in [-0.25, -0.2) is 0 Å². The van der Waals surface area contributed by atoms with Crippen LogP contribution in [0.4, 0.5) is 11.4 Å². The predicted molar refractivity (Wildman–Crippen MR) is 74.5 cm³/mol. The molecule has 0 bridgehead atoms. The van der Waals surface area contributed by atoms with Gasteiger partial charge in [-0.2, -0.15) is 0 Å². The second-order valence-corrected chi connectivity index (χ2v) is 3.96. The summed E-state index contributed by atoms with van der Waals surface area (Å²) in [5.41, 5.74) is 0.575. The maximum absolute atomic E-state index is 12.3. The Morgan fingerprint density at radius 1 is 1.32 bits per heavy atom. The molecule has 0 aliphatic rings. The van der Waals surface area contributed by atoms with E-state index in [1.165, 1.54) is 12.1 Å². The average Bonchev–Trinajstić information content (AvgIpc) is 2.40. The quantitative estimate of drug-likeness (QED) is 0.633. The number of hydrogen-bond acceptors (Lipinski definition) is 4. The van der Waals surface area contributed by atoms with Gasteiger partial charge in [-0.15, -0.1) is 0 Å². The van der Waals surface area contributed by atoms with Crippen LogP contribution < -0.4 is 5.32 Å². The van der Waals surface area contributed by atoms with Crippen LogP contribution in [0.3, 0.4) is 0 Å². The van der Waals surface area contributed by atoms with Gasteiger partial charge in [0.1, 0.15) is 5.69 Å². The van der Waals surface area contributed by atoms with Crippen LogP contribution in [0.15, 0.2) is 18.2 Å². The van der Waals surface area contributed by atoms with E-state index >= 15 is 0 Å². The molecule has 0 aliphatic carbocycles. The topological polar surface area (TPSA) is 75.5 Å². The number of benzene rings is 1. The van der Waals surface area contributed by atoms with E-state index in [9.17, 15) is 14.9 Å². The van der Waals surface area contributed by atoms with Gasteiger partial charge in [0, 0.05) is 25.7 Å². The Morgan fingerprint density at radius 3 is 2.42 bits per heavy atom. The number of nitro benzene ring substituents is 1. The summed E-state index contributed by atoms with van der Waals surface area (Å²) < 4.78 is 0. The number of nitrogens with zero attached hydrogens (tertiary/aromatic N) is 2. The van der Waals surface area contributed by atoms with Crippen LogP contribution in [0.1, 0.15) is 31.1 Å². The number of anilines is 1. The third-order valence-electron chi connectivity index (χ3n) is 2.87. The molecule has 0 spiro atoms. The molecule has 0 aliphatic heterocycles. The molecule has 0 aromatic heterocycles. The fraction of sp³-hybridized carbons (Fsp3) is 0.462. The van der Waals surface area contributed by atoms with Gasteiger partial charge in [0.15, 0.2) is 0 Å². The molecule has 0 fully saturated rings. The fourth-order valence-corrected chi connectivity index (χ4v) is 1.91. The average molecular weight is 265 g/mol. The van der Waals surface area contributed by atoms with E-state index in [0.29, 0.717) is 30.9 Å². The summed E-state index contributed by atoms with van der Waals surface area (Å²) in [6, 6.07) is 4.55. The minimum Gasteiger partial charge on any atom is -0.379 e. The molecule has 1 aromatic rings. The molecule has 1 aromatic carbocycles. The molecular weight excluding hydrogens is 246 g/mol. The first-order chi connectivity index (χ1) is 9.06. The van der Waals surface area contributed by atoms with Crippen molar-refractivity contribution in [3.8, 4) is 0 Å². The zero-order chi connectivity index (χ0) is 14.4. The second kappa shape index (κ2) is 6.72. The lowest BCUT2D eigenvalue weighted by atomic mass is 10.1. The standard InChI is InChI=1S/C13H19N3O3/c1-4-14-12-10(13(17)15(5-2)6-3)8-7-9-11(12)16(18)19/h7-9,14H,4-6H2,1-3H3. The first-order valence-electron chi connectivity index (χ1n) is 6.37. The zero-order valence-corrected chi connectivity index (χ0v) is 11.5. The molecule has 19 heavy (non-hydrogen) atoms. The Balaban J connectivity index is 3.30. The lowest BCUT2D eigenvalue weighted by molar-refractivity contribution is -0.384. The molecule has 0 radical (unpaired) electrons. The highest BCUT2D eigenvalue weighted by Crippen LogP contribution is 2.29. The zero-order valence-electron chi connectivity index (χ0n) is 11.5. The smallest absolute Gasteiger partial charge is 0.293 e. The lowest BCUT2D eigenvalue weighted by Crippen LogP contribution is -2.31. The van der Waals surface area contributed by atoms with Crippen molar-refractivity contribution in [2.24, 2.45) is 0 Å². The normalized spacial score (nSPS) is 10.1. The number of nitro groups is 1. The molecule has 0 heterocycles. The number of carbonyl (C=O) groups is 1. The van der Waals surface area contributed by atoms with Crippen LogP contribution in [0, 0.1) is 10.1 Å². The molecule has 6 heteroatoms. The lowest BCUT2D eigenvalue weighted by Gasteiger charge is -2.20. The third-order valence-corrected chi connectivity index (χ3v) is 2.87. The summed E-state index contributed by atoms with van der Waals surface area (Å²) in [5, 5.41) is 13.9. The highest BCUT2D eigenvalue weighted by molar-refractivity contribution is 6.01. The van der Waals surface area contributed by atoms with Crippen LogP contribution in [-0.4, -0.2) is 35.4 Å². The first-order valence-corrected chi connectivity index (χ1v) is 6.37. The summed E-state index contributed by atoms with van der Waals surface area (Å²) in [4.78, 5) is 24.5. The SMILES string of the molecule is CCNc1c(C(=O)N(CC)CC)cccc1[N+](=O)[O-]. The molecule has 6 nitrogen and oxygen atoms in total. The largest absolute Gasteiger partial charge is 0.379 e. The molecule has 0 unspecified atom stereocenters. The van der Waals surface area contributed by atoms with Crippen molar-refractivity contribution in [2.75, 3.05) is 25.0 Å². The number of hydrogen-bond donors (Lipinski definition) is 1. The van der Waals surface area contributed by atoms with Crippen molar-refractivity contribution in [1.29, 1.82) is 0 Å². The number of nitrogens with one attached hydrogen (secondary N) is 1. The summed E-state index contributed by atoms with van der Waals surface area (Å²) in [5.74, 6) is -0.190. The Hall–Kier alpha value is -2.11. The summed E-state index contributed by atoms with van der Waals surface area (Å²) in [6.45, 7) is 7.26. The number of amides is 1. The minimum absolute atomic E-state index is 0.0696. The predicted octanol–water partition coefficient (Wildman–Crippen LogP) is 2.51. The van der Waals surface area contributed by atoms with Crippen LogP contribution in [0.25, 0.3) is 0 Å². The van der Waals surface area contributed by atoms with E-state index in [1.54, 1.807) is 11.0 Å². The molecule has 1 N–H and O–H groups in total. The Bertz CT molecular complexity index is 470. The Morgan fingerprint density at radius 2 is 1.95 bits per heavy atom.